The minimum absolute atomic E-state index is 0.184. The van der Waals surface area contributed by atoms with E-state index in [-0.39, 0.29) is 12.5 Å². The molecule has 5 nitrogen and oxygen atoms in total. The van der Waals surface area contributed by atoms with Gasteiger partial charge in [-0.05, 0) is 42.7 Å². The lowest BCUT2D eigenvalue weighted by Gasteiger charge is -2.24. The van der Waals surface area contributed by atoms with E-state index in [2.05, 4.69) is 6.92 Å². The third kappa shape index (κ3) is 5.69. The van der Waals surface area contributed by atoms with Gasteiger partial charge in [0.15, 0.2) is 0 Å². The quantitative estimate of drug-likeness (QED) is 0.719. The second-order valence-corrected chi connectivity index (χ2v) is 4.95. The molecule has 0 aliphatic carbocycles. The van der Waals surface area contributed by atoms with Crippen LogP contribution in [0.15, 0.2) is 24.3 Å². The number of hydrogen-bond acceptors (Lipinski definition) is 3. The average molecular weight is 290 g/mol. The minimum atomic E-state index is -0.975. The molecule has 0 aromatic heterocycles. The minimum Gasteiger partial charge on any atom is -0.478 e. The van der Waals surface area contributed by atoms with Gasteiger partial charge < -0.3 is 15.7 Å². The van der Waals surface area contributed by atoms with Crippen LogP contribution in [0.1, 0.15) is 30.9 Å². The van der Waals surface area contributed by atoms with Crippen LogP contribution >= 0.6 is 0 Å². The highest BCUT2D eigenvalue weighted by atomic mass is 16.4. The molecule has 114 valence electrons. The van der Waals surface area contributed by atoms with Crippen molar-refractivity contribution in [3.63, 3.8) is 0 Å². The molecule has 3 N–H and O–H groups in total. The van der Waals surface area contributed by atoms with Gasteiger partial charge >= 0.3 is 5.97 Å². The lowest BCUT2D eigenvalue weighted by atomic mass is 10.1. The lowest BCUT2D eigenvalue weighted by molar-refractivity contribution is -0.131. The van der Waals surface area contributed by atoms with E-state index < -0.39 is 5.97 Å². The van der Waals surface area contributed by atoms with Crippen LogP contribution in [0, 0.1) is 6.92 Å². The van der Waals surface area contributed by atoms with Crippen molar-refractivity contribution >= 4 is 23.6 Å². The highest BCUT2D eigenvalue weighted by Gasteiger charge is 2.10. The number of amides is 1. The number of carboxylic acids is 1. The highest BCUT2D eigenvalue weighted by molar-refractivity contribution is 5.85. The Bertz CT molecular complexity index is 538. The second kappa shape index (κ2) is 8.09. The second-order valence-electron chi connectivity index (χ2n) is 4.95. The molecule has 0 saturated heterocycles. The number of carboxylic acid groups (broad SMARTS) is 1. The third-order valence-electron chi connectivity index (χ3n) is 3.15. The van der Waals surface area contributed by atoms with E-state index in [0.717, 1.165) is 42.3 Å². The molecule has 1 rings (SSSR count). The molecular weight excluding hydrogens is 268 g/mol. The van der Waals surface area contributed by atoms with E-state index in [9.17, 15) is 9.59 Å². The number of carbonyl (C=O) groups excluding carboxylic acids is 1. The van der Waals surface area contributed by atoms with Gasteiger partial charge in [-0.1, -0.05) is 19.4 Å². The number of carbonyl (C=O) groups is 2. The van der Waals surface area contributed by atoms with Crippen molar-refractivity contribution in [2.75, 3.05) is 18.0 Å². The molecule has 0 aliphatic heterocycles. The maximum atomic E-state index is 11.2. The standard InChI is InChI=1S/C16H22N2O3/c1-3-4-9-18(11-15(17)19)14-7-5-13(12(2)10-14)6-8-16(20)21/h5-8,10H,3-4,9,11H2,1-2H3,(H2,17,19)(H,20,21). The summed E-state index contributed by atoms with van der Waals surface area (Å²) in [5.74, 6) is -1.34. The zero-order valence-electron chi connectivity index (χ0n) is 12.5. The molecular formula is C16H22N2O3. The van der Waals surface area contributed by atoms with Crippen LogP contribution < -0.4 is 10.6 Å². The zero-order chi connectivity index (χ0) is 15.8. The summed E-state index contributed by atoms with van der Waals surface area (Å²) in [5.41, 5.74) is 8.02. The molecule has 0 fully saturated rings. The normalized spacial score (nSPS) is 10.8. The average Bonchev–Trinajstić information content (AvgIpc) is 2.41. The first-order valence-corrected chi connectivity index (χ1v) is 6.99. The predicted molar refractivity (Wildman–Crippen MR) is 84.2 cm³/mol. The van der Waals surface area contributed by atoms with E-state index in [1.165, 1.54) is 0 Å². The van der Waals surface area contributed by atoms with Gasteiger partial charge in [0, 0.05) is 18.3 Å². The van der Waals surface area contributed by atoms with E-state index in [4.69, 9.17) is 10.8 Å². The maximum absolute atomic E-state index is 11.2. The Balaban J connectivity index is 2.96. The van der Waals surface area contributed by atoms with E-state index >= 15 is 0 Å². The smallest absolute Gasteiger partial charge is 0.328 e. The largest absolute Gasteiger partial charge is 0.478 e. The zero-order valence-corrected chi connectivity index (χ0v) is 12.5. The molecule has 0 spiro atoms. The van der Waals surface area contributed by atoms with Gasteiger partial charge in [0.2, 0.25) is 5.91 Å². The van der Waals surface area contributed by atoms with Crippen LogP contribution in [-0.4, -0.2) is 30.1 Å². The third-order valence-corrected chi connectivity index (χ3v) is 3.15. The molecule has 1 aromatic rings. The number of primary amides is 1. The van der Waals surface area contributed by atoms with Gasteiger partial charge in [-0.3, -0.25) is 4.79 Å². The summed E-state index contributed by atoms with van der Waals surface area (Å²) in [6.07, 6.45) is 4.69. The van der Waals surface area contributed by atoms with Gasteiger partial charge in [-0.2, -0.15) is 0 Å². The molecule has 0 saturated carbocycles. The maximum Gasteiger partial charge on any atom is 0.328 e. The van der Waals surface area contributed by atoms with Crippen LogP contribution in [-0.2, 0) is 9.59 Å². The Morgan fingerprint density at radius 3 is 2.62 bits per heavy atom. The lowest BCUT2D eigenvalue weighted by Crippen LogP contribution is -2.34. The van der Waals surface area contributed by atoms with Crippen molar-refractivity contribution in [2.45, 2.75) is 26.7 Å². The van der Waals surface area contributed by atoms with Crippen molar-refractivity contribution in [2.24, 2.45) is 5.73 Å². The number of rotatable bonds is 8. The summed E-state index contributed by atoms with van der Waals surface area (Å²) < 4.78 is 0. The first-order valence-electron chi connectivity index (χ1n) is 6.99. The number of hydrogen-bond donors (Lipinski definition) is 2. The van der Waals surface area contributed by atoms with E-state index in [1.54, 1.807) is 6.08 Å². The van der Waals surface area contributed by atoms with E-state index in [0.29, 0.717) is 0 Å². The van der Waals surface area contributed by atoms with Crippen molar-refractivity contribution in [1.29, 1.82) is 0 Å². The highest BCUT2D eigenvalue weighted by Crippen LogP contribution is 2.20. The topological polar surface area (TPSA) is 83.6 Å². The van der Waals surface area contributed by atoms with Crippen molar-refractivity contribution in [1.82, 2.24) is 0 Å². The van der Waals surface area contributed by atoms with Crippen molar-refractivity contribution in [3.8, 4) is 0 Å². The summed E-state index contributed by atoms with van der Waals surface area (Å²) >= 11 is 0. The fourth-order valence-electron chi connectivity index (χ4n) is 2.04. The van der Waals surface area contributed by atoms with Gasteiger partial charge in [-0.25, -0.2) is 4.79 Å². The Hall–Kier alpha value is -2.30. The van der Waals surface area contributed by atoms with Crippen molar-refractivity contribution < 1.29 is 14.7 Å². The number of nitrogens with zero attached hydrogens (tertiary/aromatic N) is 1. The molecule has 0 heterocycles. The number of unbranched alkanes of at least 4 members (excludes halogenated alkanes) is 1. The Kier molecular flexibility index (Phi) is 6.46. The molecule has 0 radical (unpaired) electrons. The Morgan fingerprint density at radius 1 is 1.38 bits per heavy atom. The first kappa shape index (κ1) is 16.8. The van der Waals surface area contributed by atoms with Crippen LogP contribution in [0.25, 0.3) is 6.08 Å². The van der Waals surface area contributed by atoms with Crippen LogP contribution in [0.4, 0.5) is 5.69 Å². The monoisotopic (exact) mass is 290 g/mol. The molecule has 0 bridgehead atoms. The van der Waals surface area contributed by atoms with Gasteiger partial charge in [0.25, 0.3) is 0 Å². The fourth-order valence-corrected chi connectivity index (χ4v) is 2.04. The van der Waals surface area contributed by atoms with Crippen molar-refractivity contribution in [3.05, 3.63) is 35.4 Å². The Morgan fingerprint density at radius 2 is 2.10 bits per heavy atom. The summed E-state index contributed by atoms with van der Waals surface area (Å²) in [5, 5.41) is 8.66. The summed E-state index contributed by atoms with van der Waals surface area (Å²) in [7, 11) is 0. The molecule has 5 heteroatoms. The molecule has 1 amide bonds. The van der Waals surface area contributed by atoms with E-state index in [1.807, 2.05) is 30.0 Å². The number of aliphatic carboxylic acids is 1. The fraction of sp³-hybridized carbons (Fsp3) is 0.375. The number of benzene rings is 1. The van der Waals surface area contributed by atoms with Crippen LogP contribution in [0.3, 0.4) is 0 Å². The molecule has 1 aromatic carbocycles. The molecule has 0 aliphatic rings. The molecule has 21 heavy (non-hydrogen) atoms. The van der Waals surface area contributed by atoms with Crippen LogP contribution in [0.5, 0.6) is 0 Å². The Labute approximate surface area is 125 Å². The SMILES string of the molecule is CCCCN(CC(N)=O)c1ccc(C=CC(=O)O)c(C)c1. The van der Waals surface area contributed by atoms with Gasteiger partial charge in [0.05, 0.1) is 6.54 Å². The summed E-state index contributed by atoms with van der Waals surface area (Å²) in [4.78, 5) is 23.7. The van der Waals surface area contributed by atoms with Crippen LogP contribution in [0.2, 0.25) is 0 Å². The summed E-state index contributed by atoms with van der Waals surface area (Å²) in [6, 6.07) is 5.68. The number of anilines is 1. The van der Waals surface area contributed by atoms with Gasteiger partial charge in [-0.15, -0.1) is 0 Å². The number of nitrogens with two attached hydrogens (primary N) is 1. The van der Waals surface area contributed by atoms with Gasteiger partial charge in [0.1, 0.15) is 0 Å². The molecule has 0 unspecified atom stereocenters. The first-order chi connectivity index (χ1) is 9.93. The number of aryl methyl sites for hydroxylation is 1. The predicted octanol–water partition coefficient (Wildman–Crippen LogP) is 2.18. The summed E-state index contributed by atoms with van der Waals surface area (Å²) in [6.45, 7) is 4.95. The molecule has 0 atom stereocenters.